The number of methoxy groups -OCH3 is 1. The molecule has 24 heavy (non-hydrogen) atoms. The Labute approximate surface area is 145 Å². The Morgan fingerprint density at radius 2 is 1.88 bits per heavy atom. The van der Waals surface area contributed by atoms with E-state index < -0.39 is 0 Å². The van der Waals surface area contributed by atoms with Crippen molar-refractivity contribution in [2.45, 2.75) is 38.6 Å². The second-order valence-corrected chi connectivity index (χ2v) is 6.84. The van der Waals surface area contributed by atoms with Crippen LogP contribution in [0.5, 0.6) is 5.75 Å². The van der Waals surface area contributed by atoms with Gasteiger partial charge in [-0.2, -0.15) is 0 Å². The maximum Gasteiger partial charge on any atom is 0.143 e. The molecule has 0 saturated carbocycles. The molecule has 0 aliphatic carbocycles. The Morgan fingerprint density at radius 3 is 2.50 bits per heavy atom. The van der Waals surface area contributed by atoms with Crippen molar-refractivity contribution in [3.05, 3.63) is 17.7 Å². The van der Waals surface area contributed by atoms with Gasteiger partial charge in [0.2, 0.25) is 0 Å². The summed E-state index contributed by atoms with van der Waals surface area (Å²) in [5.41, 5.74) is 9.52. The summed E-state index contributed by atoms with van der Waals surface area (Å²) in [4.78, 5) is 5.13. The fourth-order valence-electron chi connectivity index (χ4n) is 3.99. The number of piperidine rings is 1. The molecule has 0 aromatic heterocycles. The fraction of sp³-hybridized carbons (Fsp3) is 0.684. The Kier molecular flexibility index (Phi) is 5.85. The molecule has 134 valence electrons. The lowest BCUT2D eigenvalue weighted by molar-refractivity contribution is 0.0115. The van der Waals surface area contributed by atoms with Crippen LogP contribution in [0.1, 0.15) is 31.7 Å². The third-order valence-corrected chi connectivity index (χ3v) is 5.32. The number of hydrogen-bond acceptors (Lipinski definition) is 5. The molecule has 0 radical (unpaired) electrons. The van der Waals surface area contributed by atoms with Gasteiger partial charge in [-0.15, -0.1) is 0 Å². The molecule has 0 amide bonds. The largest absolute Gasteiger partial charge is 0.495 e. The Balaban J connectivity index is 1.70. The van der Waals surface area contributed by atoms with Gasteiger partial charge >= 0.3 is 0 Å². The first-order valence-corrected chi connectivity index (χ1v) is 9.26. The van der Waals surface area contributed by atoms with Crippen LogP contribution in [0.25, 0.3) is 0 Å². The summed E-state index contributed by atoms with van der Waals surface area (Å²) in [5.74, 6) is 0.792. The van der Waals surface area contributed by atoms with Gasteiger partial charge in [0.05, 0.1) is 26.0 Å². The highest BCUT2D eigenvalue weighted by atomic mass is 16.5. The minimum absolute atomic E-state index is 0.704. The zero-order valence-electron chi connectivity index (χ0n) is 15.1. The van der Waals surface area contributed by atoms with Gasteiger partial charge in [0, 0.05) is 44.0 Å². The third kappa shape index (κ3) is 3.78. The molecule has 2 aliphatic rings. The van der Waals surface area contributed by atoms with Crippen LogP contribution in [0.15, 0.2) is 12.1 Å². The molecular weight excluding hydrogens is 302 g/mol. The molecule has 0 unspecified atom stereocenters. The first kappa shape index (κ1) is 17.4. The van der Waals surface area contributed by atoms with Crippen LogP contribution in [0.4, 0.5) is 11.4 Å². The summed E-state index contributed by atoms with van der Waals surface area (Å²) in [6.45, 7) is 8.36. The van der Waals surface area contributed by atoms with Gasteiger partial charge in [-0.1, -0.05) is 13.3 Å². The van der Waals surface area contributed by atoms with Crippen LogP contribution in [0.3, 0.4) is 0 Å². The normalized spacial score (nSPS) is 20.3. The summed E-state index contributed by atoms with van der Waals surface area (Å²) in [7, 11) is 1.69. The molecule has 5 nitrogen and oxygen atoms in total. The van der Waals surface area contributed by atoms with Crippen LogP contribution in [-0.4, -0.2) is 57.4 Å². The molecule has 0 atom stereocenters. The van der Waals surface area contributed by atoms with Crippen molar-refractivity contribution in [2.24, 2.45) is 0 Å². The Bertz CT molecular complexity index is 536. The lowest BCUT2D eigenvalue weighted by Crippen LogP contribution is -2.49. The predicted octanol–water partition coefficient (Wildman–Crippen LogP) is 2.53. The maximum absolute atomic E-state index is 6.12. The number of morpholine rings is 1. The van der Waals surface area contributed by atoms with Gasteiger partial charge in [0.15, 0.2) is 0 Å². The van der Waals surface area contributed by atoms with Crippen molar-refractivity contribution in [2.75, 3.05) is 57.1 Å². The molecule has 5 heteroatoms. The van der Waals surface area contributed by atoms with E-state index in [1.54, 1.807) is 7.11 Å². The summed E-state index contributed by atoms with van der Waals surface area (Å²) < 4.78 is 10.9. The molecule has 2 saturated heterocycles. The molecular formula is C19H31N3O2. The minimum Gasteiger partial charge on any atom is -0.495 e. The van der Waals surface area contributed by atoms with Crippen molar-refractivity contribution in [1.82, 2.24) is 4.90 Å². The zero-order valence-corrected chi connectivity index (χ0v) is 15.1. The van der Waals surface area contributed by atoms with Gasteiger partial charge in [-0.3, -0.25) is 4.90 Å². The maximum atomic E-state index is 6.12. The van der Waals surface area contributed by atoms with Crippen molar-refractivity contribution in [3.8, 4) is 5.75 Å². The minimum atomic E-state index is 0.704. The Morgan fingerprint density at radius 1 is 1.17 bits per heavy atom. The number of rotatable bonds is 5. The number of nitrogens with zero attached hydrogens (tertiary/aromatic N) is 2. The number of anilines is 2. The van der Waals surface area contributed by atoms with Crippen molar-refractivity contribution >= 4 is 11.4 Å². The number of nitrogens with two attached hydrogens (primary N) is 1. The van der Waals surface area contributed by atoms with Crippen LogP contribution in [0.2, 0.25) is 0 Å². The van der Waals surface area contributed by atoms with Crippen LogP contribution < -0.4 is 15.4 Å². The molecule has 0 bridgehead atoms. The second-order valence-electron chi connectivity index (χ2n) is 6.84. The fourth-order valence-corrected chi connectivity index (χ4v) is 3.99. The van der Waals surface area contributed by atoms with E-state index in [1.165, 1.54) is 24.1 Å². The zero-order chi connectivity index (χ0) is 16.9. The highest BCUT2D eigenvalue weighted by molar-refractivity contribution is 5.67. The van der Waals surface area contributed by atoms with E-state index in [0.717, 1.165) is 63.7 Å². The molecule has 3 rings (SSSR count). The van der Waals surface area contributed by atoms with E-state index in [2.05, 4.69) is 28.9 Å². The number of aryl methyl sites for hydroxylation is 1. The lowest BCUT2D eigenvalue weighted by atomic mass is 9.99. The Hall–Kier alpha value is -1.46. The van der Waals surface area contributed by atoms with E-state index >= 15 is 0 Å². The van der Waals surface area contributed by atoms with E-state index in [9.17, 15) is 0 Å². The standard InChI is InChI=1S/C19H31N3O2/c1-3-4-15-13-17(20)19(23-2)14-18(15)22-7-5-16(6-8-22)21-9-11-24-12-10-21/h13-14,16H,3-12,20H2,1-2H3. The SMILES string of the molecule is CCCc1cc(N)c(OC)cc1N1CCC(N2CCOCC2)CC1. The summed E-state index contributed by atoms with van der Waals surface area (Å²) in [6.07, 6.45) is 4.63. The van der Waals surface area contributed by atoms with Crippen molar-refractivity contribution < 1.29 is 9.47 Å². The summed E-state index contributed by atoms with van der Waals surface area (Å²) in [5, 5.41) is 0. The number of nitrogen functional groups attached to an aromatic ring is 1. The number of hydrogen-bond donors (Lipinski definition) is 1. The number of benzene rings is 1. The first-order valence-electron chi connectivity index (χ1n) is 9.26. The van der Waals surface area contributed by atoms with Crippen molar-refractivity contribution in [1.29, 1.82) is 0 Å². The monoisotopic (exact) mass is 333 g/mol. The smallest absolute Gasteiger partial charge is 0.143 e. The summed E-state index contributed by atoms with van der Waals surface area (Å²) in [6, 6.07) is 4.94. The average Bonchev–Trinajstić information content (AvgIpc) is 2.63. The number of ether oxygens (including phenoxy) is 2. The van der Waals surface area contributed by atoms with Gasteiger partial charge in [0.1, 0.15) is 5.75 Å². The lowest BCUT2D eigenvalue weighted by Gasteiger charge is -2.41. The van der Waals surface area contributed by atoms with E-state index in [1.807, 2.05) is 0 Å². The quantitative estimate of drug-likeness (QED) is 0.839. The second kappa shape index (κ2) is 8.08. The van der Waals surface area contributed by atoms with Gasteiger partial charge in [0.25, 0.3) is 0 Å². The molecule has 2 aliphatic heterocycles. The molecule has 1 aromatic carbocycles. The average molecular weight is 333 g/mol. The van der Waals surface area contributed by atoms with Crippen molar-refractivity contribution in [3.63, 3.8) is 0 Å². The molecule has 2 N–H and O–H groups in total. The van der Waals surface area contributed by atoms with Crippen LogP contribution in [0, 0.1) is 0 Å². The van der Waals surface area contributed by atoms with Crippen LogP contribution in [-0.2, 0) is 11.2 Å². The molecule has 0 spiro atoms. The van der Waals surface area contributed by atoms with E-state index in [-0.39, 0.29) is 0 Å². The first-order chi connectivity index (χ1) is 11.7. The van der Waals surface area contributed by atoms with Gasteiger partial charge < -0.3 is 20.1 Å². The van der Waals surface area contributed by atoms with Crippen LogP contribution >= 0.6 is 0 Å². The molecule has 1 aromatic rings. The molecule has 2 fully saturated rings. The van der Waals surface area contributed by atoms with E-state index in [4.69, 9.17) is 15.2 Å². The topological polar surface area (TPSA) is 51.0 Å². The van der Waals surface area contributed by atoms with E-state index in [0.29, 0.717) is 6.04 Å². The molecule has 2 heterocycles. The van der Waals surface area contributed by atoms with Gasteiger partial charge in [-0.05, 0) is 30.9 Å². The predicted molar refractivity (Wildman–Crippen MR) is 99.0 cm³/mol. The third-order valence-electron chi connectivity index (χ3n) is 5.32. The highest BCUT2D eigenvalue weighted by Crippen LogP contribution is 2.34. The van der Waals surface area contributed by atoms with Gasteiger partial charge in [-0.25, -0.2) is 0 Å². The highest BCUT2D eigenvalue weighted by Gasteiger charge is 2.27. The summed E-state index contributed by atoms with van der Waals surface area (Å²) >= 11 is 0.